The summed E-state index contributed by atoms with van der Waals surface area (Å²) in [6.45, 7) is 2.24. The van der Waals surface area contributed by atoms with E-state index in [0.717, 1.165) is 0 Å². The van der Waals surface area contributed by atoms with E-state index < -0.39 is 12.0 Å². The fourth-order valence-electron chi connectivity index (χ4n) is 2.38. The van der Waals surface area contributed by atoms with Gasteiger partial charge in [0.2, 0.25) is 0 Å². The first kappa shape index (κ1) is 16.5. The molecule has 2 unspecified atom stereocenters. The zero-order valence-corrected chi connectivity index (χ0v) is 12.0. The number of carboxylic acid groups (broad SMARTS) is 1. The van der Waals surface area contributed by atoms with Gasteiger partial charge < -0.3 is 5.11 Å². The molecule has 0 aliphatic carbocycles. The highest BCUT2D eigenvalue weighted by Gasteiger charge is 2.32. The Hall–Kier alpha value is -1.60. The molecule has 2 rings (SSSR count). The third-order valence-corrected chi connectivity index (χ3v) is 3.51. The molecule has 0 bridgehead atoms. The maximum Gasteiger partial charge on any atom is 0.321 e. The molecule has 2 heterocycles. The molecule has 0 aromatic carbocycles. The van der Waals surface area contributed by atoms with E-state index in [1.807, 2.05) is 0 Å². The summed E-state index contributed by atoms with van der Waals surface area (Å²) >= 11 is 0. The van der Waals surface area contributed by atoms with Crippen molar-refractivity contribution in [1.82, 2.24) is 9.80 Å². The minimum absolute atomic E-state index is 0.00917. The lowest BCUT2D eigenvalue weighted by Crippen LogP contribution is -2.32. The van der Waals surface area contributed by atoms with Gasteiger partial charge in [-0.25, -0.2) is 0 Å². The average Bonchev–Trinajstić information content (AvgIpc) is 2.82. The van der Waals surface area contributed by atoms with Crippen LogP contribution in [0.5, 0.6) is 0 Å². The molecule has 0 spiro atoms. The van der Waals surface area contributed by atoms with Crippen LogP contribution in [0.4, 0.5) is 0 Å². The van der Waals surface area contributed by atoms with Crippen LogP contribution < -0.4 is 0 Å². The van der Waals surface area contributed by atoms with E-state index in [-0.39, 0.29) is 36.4 Å². The number of carbonyl (C=O) groups excluding carboxylic acids is 3. The third-order valence-electron chi connectivity index (χ3n) is 3.51. The second kappa shape index (κ2) is 6.71. The summed E-state index contributed by atoms with van der Waals surface area (Å²) in [5.41, 5.74) is 0. The van der Waals surface area contributed by atoms with Gasteiger partial charge in [-0.2, -0.15) is 0 Å². The first-order valence-electron chi connectivity index (χ1n) is 6.39. The highest BCUT2D eigenvalue weighted by atomic mass is 16.4. The fraction of sp³-hybridized carbons (Fsp3) is 0.692. The maximum atomic E-state index is 10.8. The van der Waals surface area contributed by atoms with Gasteiger partial charge in [-0.05, 0) is 21.0 Å². The van der Waals surface area contributed by atoms with Crippen molar-refractivity contribution in [2.24, 2.45) is 0 Å². The van der Waals surface area contributed by atoms with Gasteiger partial charge in [0, 0.05) is 12.8 Å². The van der Waals surface area contributed by atoms with Gasteiger partial charge >= 0.3 is 5.97 Å². The minimum atomic E-state index is -0.909. The number of carbonyl (C=O) groups is 4. The highest BCUT2D eigenvalue weighted by molar-refractivity contribution is 5.93. The number of aliphatic carboxylic acids is 1. The Bertz CT molecular complexity index is 394. The van der Waals surface area contributed by atoms with Gasteiger partial charge in [0.25, 0.3) is 0 Å². The number of likely N-dealkylation sites (tertiary alicyclic amines) is 2. The molecule has 112 valence electrons. The molecular formula is C13H20N2O5. The highest BCUT2D eigenvalue weighted by Crippen LogP contribution is 2.12. The number of Topliss-reactive ketones (excluding diaryl/α,β-unsaturated/α-hetero) is 3. The van der Waals surface area contributed by atoms with E-state index in [4.69, 9.17) is 5.11 Å². The number of hydrogen-bond donors (Lipinski definition) is 1. The van der Waals surface area contributed by atoms with Crippen LogP contribution in [0.15, 0.2) is 0 Å². The van der Waals surface area contributed by atoms with Gasteiger partial charge in [0.1, 0.15) is 23.4 Å². The molecular weight excluding hydrogens is 264 g/mol. The summed E-state index contributed by atoms with van der Waals surface area (Å²) in [4.78, 5) is 46.0. The molecule has 2 aliphatic rings. The van der Waals surface area contributed by atoms with Crippen LogP contribution in [-0.2, 0) is 19.2 Å². The summed E-state index contributed by atoms with van der Waals surface area (Å²) in [6.07, 6.45) is 0.567. The van der Waals surface area contributed by atoms with Crippen LogP contribution in [0, 0.1) is 0 Å². The van der Waals surface area contributed by atoms with Gasteiger partial charge in [-0.15, -0.1) is 0 Å². The molecule has 0 aromatic heterocycles. The Labute approximate surface area is 117 Å². The topological polar surface area (TPSA) is 95.0 Å². The standard InChI is InChI=1S/C7H11NO2.C6H9NO3/c1-5(9)7-3-6(10)4-8(7)2;1-7-3-4(8)2-5(7)6(9)10/h7H,3-4H2,1-2H3;5H,2-3H2,1H3,(H,9,10). The Balaban J connectivity index is 0.000000200. The average molecular weight is 284 g/mol. The molecule has 20 heavy (non-hydrogen) atoms. The summed E-state index contributed by atoms with van der Waals surface area (Å²) in [5.74, 6) is -0.640. The summed E-state index contributed by atoms with van der Waals surface area (Å²) in [7, 11) is 3.45. The van der Waals surface area contributed by atoms with Crippen molar-refractivity contribution in [3.05, 3.63) is 0 Å². The van der Waals surface area contributed by atoms with Crippen LogP contribution in [0.1, 0.15) is 19.8 Å². The van der Waals surface area contributed by atoms with Crippen molar-refractivity contribution >= 4 is 23.3 Å². The number of rotatable bonds is 2. The molecule has 2 fully saturated rings. The van der Waals surface area contributed by atoms with E-state index in [0.29, 0.717) is 13.0 Å². The SMILES string of the molecule is CC(=O)C1CC(=O)CN1C.CN1CC(=O)CC1C(=O)O. The van der Waals surface area contributed by atoms with Crippen LogP contribution >= 0.6 is 0 Å². The smallest absolute Gasteiger partial charge is 0.321 e. The normalized spacial score (nSPS) is 27.4. The summed E-state index contributed by atoms with van der Waals surface area (Å²) < 4.78 is 0. The molecule has 2 atom stereocenters. The van der Waals surface area contributed by atoms with Crippen molar-refractivity contribution < 1.29 is 24.3 Å². The number of carboxylic acids is 1. The molecule has 7 heteroatoms. The number of nitrogens with zero attached hydrogens (tertiary/aromatic N) is 2. The third kappa shape index (κ3) is 4.21. The van der Waals surface area contributed by atoms with Gasteiger partial charge in [0.05, 0.1) is 19.1 Å². The van der Waals surface area contributed by atoms with Crippen LogP contribution in [0.3, 0.4) is 0 Å². The van der Waals surface area contributed by atoms with Crippen molar-refractivity contribution in [3.63, 3.8) is 0 Å². The van der Waals surface area contributed by atoms with Crippen LogP contribution in [0.25, 0.3) is 0 Å². The first-order valence-corrected chi connectivity index (χ1v) is 6.39. The van der Waals surface area contributed by atoms with Crippen molar-refractivity contribution in [2.75, 3.05) is 27.2 Å². The number of likely N-dealkylation sites (N-methyl/N-ethyl adjacent to an activating group) is 2. The van der Waals surface area contributed by atoms with Crippen molar-refractivity contribution in [3.8, 4) is 0 Å². The molecule has 0 aromatic rings. The maximum absolute atomic E-state index is 10.8. The molecule has 0 saturated carbocycles. The molecule has 7 nitrogen and oxygen atoms in total. The minimum Gasteiger partial charge on any atom is -0.480 e. The zero-order valence-electron chi connectivity index (χ0n) is 12.0. The second-order valence-corrected chi connectivity index (χ2v) is 5.30. The molecule has 0 radical (unpaired) electrons. The van der Waals surface area contributed by atoms with Crippen LogP contribution in [-0.4, -0.2) is 77.5 Å². The lowest BCUT2D eigenvalue weighted by atomic mass is 10.1. The van der Waals surface area contributed by atoms with Gasteiger partial charge in [0.15, 0.2) is 0 Å². The number of ketones is 3. The molecule has 0 amide bonds. The number of hydrogen-bond acceptors (Lipinski definition) is 6. The first-order chi connectivity index (χ1) is 9.22. The monoisotopic (exact) mass is 284 g/mol. The van der Waals surface area contributed by atoms with Crippen LogP contribution in [0.2, 0.25) is 0 Å². The molecule has 1 N–H and O–H groups in total. The predicted molar refractivity (Wildman–Crippen MR) is 70.4 cm³/mol. The fourth-order valence-corrected chi connectivity index (χ4v) is 2.38. The van der Waals surface area contributed by atoms with E-state index in [1.54, 1.807) is 23.9 Å². The Morgan fingerprint density at radius 3 is 1.55 bits per heavy atom. The van der Waals surface area contributed by atoms with Gasteiger partial charge in [-0.1, -0.05) is 0 Å². The summed E-state index contributed by atoms with van der Waals surface area (Å²) in [5, 5.41) is 8.51. The largest absolute Gasteiger partial charge is 0.480 e. The predicted octanol–water partition coefficient (Wildman–Crippen LogP) is -0.807. The Kier molecular flexibility index (Phi) is 5.52. The van der Waals surface area contributed by atoms with E-state index in [9.17, 15) is 19.2 Å². The second-order valence-electron chi connectivity index (χ2n) is 5.30. The van der Waals surface area contributed by atoms with Gasteiger partial charge in [-0.3, -0.25) is 29.0 Å². The van der Waals surface area contributed by atoms with Crippen molar-refractivity contribution in [2.45, 2.75) is 31.8 Å². The lowest BCUT2D eigenvalue weighted by Gasteiger charge is -2.13. The van der Waals surface area contributed by atoms with E-state index in [1.165, 1.54) is 6.92 Å². The zero-order chi connectivity index (χ0) is 15.4. The molecule has 2 saturated heterocycles. The van der Waals surface area contributed by atoms with E-state index >= 15 is 0 Å². The quantitative estimate of drug-likeness (QED) is 0.708. The lowest BCUT2D eigenvalue weighted by molar-refractivity contribution is -0.142. The molecule has 2 aliphatic heterocycles. The summed E-state index contributed by atoms with van der Waals surface area (Å²) in [6, 6.07) is -0.736. The Morgan fingerprint density at radius 1 is 1.00 bits per heavy atom. The van der Waals surface area contributed by atoms with E-state index in [2.05, 4.69) is 0 Å². The van der Waals surface area contributed by atoms with Crippen molar-refractivity contribution in [1.29, 1.82) is 0 Å². The Morgan fingerprint density at radius 2 is 1.40 bits per heavy atom.